The van der Waals surface area contributed by atoms with Crippen molar-refractivity contribution >= 4 is 11.6 Å². The number of nitriles is 1. The van der Waals surface area contributed by atoms with Crippen molar-refractivity contribution in [3.63, 3.8) is 0 Å². The molecule has 0 radical (unpaired) electrons. The number of nitrogens with one attached hydrogen (secondary N) is 1. The van der Waals surface area contributed by atoms with Gasteiger partial charge in [-0.2, -0.15) is 5.26 Å². The molecule has 0 aliphatic carbocycles. The number of nitrogens with zero attached hydrogens (tertiary/aromatic N) is 3. The van der Waals surface area contributed by atoms with Gasteiger partial charge in [0.1, 0.15) is 0 Å². The van der Waals surface area contributed by atoms with E-state index in [1.165, 1.54) is 5.69 Å². The maximum atomic E-state index is 12.0. The standard InChI is InChI=1S/C17H18N4O/c1-2-3-17(22)20-15-8-12(9-18)4-6-14(15)16-7-5-13-10-19-11-21(13)16/h4,6,8,10-11,16H,2-3,5,7H2,1H3,(H,20,22). The lowest BCUT2D eigenvalue weighted by Crippen LogP contribution is -2.15. The number of fused-ring (bicyclic) bond motifs is 1. The molecular formula is C17H18N4O. The van der Waals surface area contributed by atoms with E-state index in [-0.39, 0.29) is 11.9 Å². The van der Waals surface area contributed by atoms with Crippen molar-refractivity contribution in [1.29, 1.82) is 5.26 Å². The van der Waals surface area contributed by atoms with Gasteiger partial charge in [-0.3, -0.25) is 4.79 Å². The topological polar surface area (TPSA) is 70.7 Å². The summed E-state index contributed by atoms with van der Waals surface area (Å²) in [7, 11) is 0. The van der Waals surface area contributed by atoms with E-state index in [2.05, 4.69) is 20.9 Å². The number of amides is 1. The second kappa shape index (κ2) is 6.02. The summed E-state index contributed by atoms with van der Waals surface area (Å²) in [4.78, 5) is 16.2. The van der Waals surface area contributed by atoms with Gasteiger partial charge >= 0.3 is 0 Å². The summed E-state index contributed by atoms with van der Waals surface area (Å²) in [6.45, 7) is 1.97. The number of rotatable bonds is 4. The molecule has 5 nitrogen and oxygen atoms in total. The first-order valence-electron chi connectivity index (χ1n) is 7.57. The summed E-state index contributed by atoms with van der Waals surface area (Å²) in [6, 6.07) is 7.81. The van der Waals surface area contributed by atoms with Crippen LogP contribution in [0.25, 0.3) is 0 Å². The van der Waals surface area contributed by atoms with Crippen LogP contribution in [0.5, 0.6) is 0 Å². The van der Waals surface area contributed by atoms with Crippen LogP contribution < -0.4 is 5.32 Å². The lowest BCUT2D eigenvalue weighted by Gasteiger charge is -2.18. The lowest BCUT2D eigenvalue weighted by molar-refractivity contribution is -0.116. The van der Waals surface area contributed by atoms with Crippen LogP contribution in [0, 0.1) is 11.3 Å². The Kier molecular flexibility index (Phi) is 3.92. The van der Waals surface area contributed by atoms with Crippen molar-refractivity contribution in [1.82, 2.24) is 9.55 Å². The molecule has 1 aromatic heterocycles. The number of hydrogen-bond acceptors (Lipinski definition) is 3. The average Bonchev–Trinajstić information content (AvgIpc) is 3.11. The first-order chi connectivity index (χ1) is 10.7. The van der Waals surface area contributed by atoms with Crippen LogP contribution >= 0.6 is 0 Å². The summed E-state index contributed by atoms with van der Waals surface area (Å²) in [6.07, 6.45) is 6.97. The summed E-state index contributed by atoms with van der Waals surface area (Å²) >= 11 is 0. The molecular weight excluding hydrogens is 276 g/mol. The van der Waals surface area contributed by atoms with Gasteiger partial charge < -0.3 is 9.88 Å². The zero-order chi connectivity index (χ0) is 15.5. The molecule has 1 aliphatic heterocycles. The van der Waals surface area contributed by atoms with Gasteiger partial charge in [0.25, 0.3) is 0 Å². The number of imidazole rings is 1. The normalized spacial score (nSPS) is 16.1. The zero-order valence-electron chi connectivity index (χ0n) is 12.5. The van der Waals surface area contributed by atoms with E-state index in [4.69, 9.17) is 5.26 Å². The largest absolute Gasteiger partial charge is 0.327 e. The Hall–Kier alpha value is -2.61. The van der Waals surface area contributed by atoms with Crippen molar-refractivity contribution in [3.05, 3.63) is 47.5 Å². The van der Waals surface area contributed by atoms with Gasteiger partial charge in [0.15, 0.2) is 0 Å². The van der Waals surface area contributed by atoms with Crippen LogP contribution in [0.15, 0.2) is 30.7 Å². The minimum atomic E-state index is -0.0114. The molecule has 0 saturated carbocycles. The van der Waals surface area contributed by atoms with Crippen molar-refractivity contribution < 1.29 is 4.79 Å². The number of aryl methyl sites for hydroxylation is 1. The van der Waals surface area contributed by atoms with Crippen LogP contribution in [0.4, 0.5) is 5.69 Å². The highest BCUT2D eigenvalue weighted by Crippen LogP contribution is 2.35. The number of carbonyl (C=O) groups excluding carboxylic acids is 1. The van der Waals surface area contributed by atoms with E-state index in [1.807, 2.05) is 25.5 Å². The third-order valence-electron chi connectivity index (χ3n) is 4.05. The van der Waals surface area contributed by atoms with Crippen LogP contribution in [-0.2, 0) is 11.2 Å². The van der Waals surface area contributed by atoms with Crippen LogP contribution in [0.3, 0.4) is 0 Å². The zero-order valence-corrected chi connectivity index (χ0v) is 12.5. The Morgan fingerprint density at radius 1 is 1.55 bits per heavy atom. The predicted octanol–water partition coefficient (Wildman–Crippen LogP) is 3.03. The molecule has 1 amide bonds. The molecule has 2 aromatic rings. The van der Waals surface area contributed by atoms with Gasteiger partial charge in [-0.25, -0.2) is 4.98 Å². The molecule has 3 rings (SSSR count). The third kappa shape index (κ3) is 2.60. The SMILES string of the molecule is CCCC(=O)Nc1cc(C#N)ccc1C1CCc2cncn21. The van der Waals surface area contributed by atoms with E-state index in [0.29, 0.717) is 12.0 Å². The Balaban J connectivity index is 1.97. The van der Waals surface area contributed by atoms with E-state index in [9.17, 15) is 4.79 Å². The fourth-order valence-corrected chi connectivity index (χ4v) is 3.00. The molecule has 5 heteroatoms. The molecule has 0 fully saturated rings. The van der Waals surface area contributed by atoms with E-state index in [0.717, 1.165) is 30.5 Å². The highest BCUT2D eigenvalue weighted by Gasteiger charge is 2.25. The molecule has 2 heterocycles. The third-order valence-corrected chi connectivity index (χ3v) is 4.05. The van der Waals surface area contributed by atoms with E-state index < -0.39 is 0 Å². The van der Waals surface area contributed by atoms with Crippen LogP contribution in [-0.4, -0.2) is 15.5 Å². The number of anilines is 1. The average molecular weight is 294 g/mol. The van der Waals surface area contributed by atoms with Gasteiger partial charge in [0.2, 0.25) is 5.91 Å². The quantitative estimate of drug-likeness (QED) is 0.942. The number of benzene rings is 1. The van der Waals surface area contributed by atoms with Gasteiger partial charge in [-0.05, 0) is 37.0 Å². The molecule has 1 atom stereocenters. The minimum absolute atomic E-state index is 0.0114. The molecule has 112 valence electrons. The number of carbonyl (C=O) groups is 1. The molecule has 1 aliphatic rings. The smallest absolute Gasteiger partial charge is 0.224 e. The van der Waals surface area contributed by atoms with E-state index in [1.54, 1.807) is 12.1 Å². The number of hydrogen-bond donors (Lipinski definition) is 1. The van der Waals surface area contributed by atoms with Crippen LogP contribution in [0.1, 0.15) is 49.0 Å². The molecule has 1 aromatic carbocycles. The van der Waals surface area contributed by atoms with Crippen molar-refractivity contribution in [2.75, 3.05) is 5.32 Å². The first kappa shape index (κ1) is 14.3. The maximum absolute atomic E-state index is 12.0. The Morgan fingerprint density at radius 3 is 3.18 bits per heavy atom. The fourth-order valence-electron chi connectivity index (χ4n) is 3.00. The molecule has 1 unspecified atom stereocenters. The van der Waals surface area contributed by atoms with Gasteiger partial charge in [0.05, 0.1) is 24.0 Å². The van der Waals surface area contributed by atoms with Gasteiger partial charge in [-0.1, -0.05) is 13.0 Å². The van der Waals surface area contributed by atoms with Crippen molar-refractivity contribution in [3.8, 4) is 6.07 Å². The van der Waals surface area contributed by atoms with Gasteiger partial charge in [0, 0.05) is 24.0 Å². The lowest BCUT2D eigenvalue weighted by atomic mass is 10.00. The van der Waals surface area contributed by atoms with E-state index >= 15 is 0 Å². The Morgan fingerprint density at radius 2 is 2.41 bits per heavy atom. The molecule has 22 heavy (non-hydrogen) atoms. The summed E-state index contributed by atoms with van der Waals surface area (Å²) in [5.74, 6) is -0.0114. The molecule has 0 spiro atoms. The van der Waals surface area contributed by atoms with Crippen molar-refractivity contribution in [2.24, 2.45) is 0 Å². The molecule has 0 bridgehead atoms. The second-order valence-electron chi connectivity index (χ2n) is 5.56. The maximum Gasteiger partial charge on any atom is 0.224 e. The molecule has 0 saturated heterocycles. The predicted molar refractivity (Wildman–Crippen MR) is 83.4 cm³/mol. The minimum Gasteiger partial charge on any atom is -0.327 e. The van der Waals surface area contributed by atoms with Gasteiger partial charge in [-0.15, -0.1) is 0 Å². The summed E-state index contributed by atoms with van der Waals surface area (Å²) < 4.78 is 2.15. The highest BCUT2D eigenvalue weighted by atomic mass is 16.1. The monoisotopic (exact) mass is 294 g/mol. The second-order valence-corrected chi connectivity index (χ2v) is 5.56. The Bertz CT molecular complexity index is 741. The Labute approximate surface area is 129 Å². The fraction of sp³-hybridized carbons (Fsp3) is 0.353. The summed E-state index contributed by atoms with van der Waals surface area (Å²) in [5, 5.41) is 12.1. The van der Waals surface area contributed by atoms with Crippen molar-refractivity contribution in [2.45, 2.75) is 38.6 Å². The first-order valence-corrected chi connectivity index (χ1v) is 7.57. The molecule has 1 N–H and O–H groups in total. The highest BCUT2D eigenvalue weighted by molar-refractivity contribution is 5.91. The van der Waals surface area contributed by atoms with Crippen LogP contribution in [0.2, 0.25) is 0 Å². The summed E-state index contributed by atoms with van der Waals surface area (Å²) in [5.41, 5.74) is 3.55. The number of aromatic nitrogens is 2.